The van der Waals surface area contributed by atoms with Gasteiger partial charge in [0.25, 0.3) is 0 Å². The number of ether oxygens (including phenoxy) is 1. The summed E-state index contributed by atoms with van der Waals surface area (Å²) in [6.07, 6.45) is -5.22. The number of benzene rings is 1. The number of nitrogens with zero attached hydrogens (tertiary/aromatic N) is 2. The van der Waals surface area contributed by atoms with E-state index in [2.05, 4.69) is 9.72 Å². The number of nitriles is 2. The molecule has 2 rings (SSSR count). The van der Waals surface area contributed by atoms with Crippen LogP contribution in [0.4, 0.5) is 13.2 Å². The lowest BCUT2D eigenvalue weighted by atomic mass is 9.69. The monoisotopic (exact) mass is 335 g/mol. The number of nitrogens with one attached hydrogen (secondary N) is 1. The van der Waals surface area contributed by atoms with Crippen LogP contribution in [0.5, 0.6) is 0 Å². The van der Waals surface area contributed by atoms with E-state index in [9.17, 15) is 18.0 Å². The van der Waals surface area contributed by atoms with Crippen molar-refractivity contribution in [1.82, 2.24) is 4.98 Å². The van der Waals surface area contributed by atoms with Gasteiger partial charge in [0, 0.05) is 22.2 Å². The molecule has 8 heteroatoms. The Hall–Kier alpha value is -3.00. The molecule has 0 radical (unpaired) electrons. The summed E-state index contributed by atoms with van der Waals surface area (Å²) in [5, 5.41) is 18.4. The number of para-hydroxylation sites is 1. The van der Waals surface area contributed by atoms with Gasteiger partial charge in [0.15, 0.2) is 5.92 Å². The van der Waals surface area contributed by atoms with E-state index in [1.54, 1.807) is 6.07 Å². The Labute approximate surface area is 135 Å². The largest absolute Gasteiger partial charge is 0.468 e. The third kappa shape index (κ3) is 2.19. The maximum Gasteiger partial charge on any atom is 0.411 e. The molecule has 0 aliphatic rings. The van der Waals surface area contributed by atoms with Gasteiger partial charge in [-0.05, 0) is 13.0 Å². The number of hydrogen-bond acceptors (Lipinski definition) is 4. The molecule has 1 heterocycles. The molecule has 0 aliphatic carbocycles. The average molecular weight is 335 g/mol. The highest BCUT2D eigenvalue weighted by Crippen LogP contribution is 2.50. The molecular weight excluding hydrogens is 323 g/mol. The van der Waals surface area contributed by atoms with Crippen LogP contribution in [0.1, 0.15) is 11.3 Å². The molecule has 1 aromatic carbocycles. The zero-order chi connectivity index (χ0) is 18.1. The van der Waals surface area contributed by atoms with E-state index >= 15 is 0 Å². The van der Waals surface area contributed by atoms with E-state index in [4.69, 9.17) is 10.5 Å². The summed E-state index contributed by atoms with van der Waals surface area (Å²) in [5.74, 6) is -4.00. The van der Waals surface area contributed by atoms with Crippen LogP contribution in [0.25, 0.3) is 10.9 Å². The average Bonchev–Trinajstić information content (AvgIpc) is 2.86. The molecule has 1 N–H and O–H groups in total. The quantitative estimate of drug-likeness (QED) is 0.873. The Balaban J connectivity index is 3.04. The summed E-state index contributed by atoms with van der Waals surface area (Å²) in [6, 6.07) is 8.65. The summed E-state index contributed by atoms with van der Waals surface area (Å²) >= 11 is 0. The zero-order valence-corrected chi connectivity index (χ0v) is 12.7. The number of esters is 1. The molecule has 1 aromatic heterocycles. The predicted octanol–water partition coefficient (Wildman–Crippen LogP) is 3.11. The Morgan fingerprint density at radius 3 is 2.33 bits per heavy atom. The number of aryl methyl sites for hydroxylation is 1. The van der Waals surface area contributed by atoms with Gasteiger partial charge in [-0.1, -0.05) is 18.2 Å². The van der Waals surface area contributed by atoms with Crippen molar-refractivity contribution in [3.63, 3.8) is 0 Å². The molecule has 0 amide bonds. The summed E-state index contributed by atoms with van der Waals surface area (Å²) in [4.78, 5) is 15.0. The number of halogens is 3. The molecule has 124 valence electrons. The van der Waals surface area contributed by atoms with Gasteiger partial charge in [-0.15, -0.1) is 0 Å². The van der Waals surface area contributed by atoms with E-state index < -0.39 is 29.0 Å². The summed E-state index contributed by atoms with van der Waals surface area (Å²) < 4.78 is 46.7. The standard InChI is InChI=1S/C16H12F3N3O2/c1-9-13(11-5-3-4-6-12(11)22-9)15(14(23)24-2,16(17,18)19)10(7-20)8-21/h3-6,10,22H,1-2H3/t15-/m1/s1. The smallest absolute Gasteiger partial charge is 0.411 e. The fourth-order valence-electron chi connectivity index (χ4n) is 2.95. The third-order valence-electron chi connectivity index (χ3n) is 3.93. The first-order valence-electron chi connectivity index (χ1n) is 6.77. The third-order valence-corrected chi connectivity index (χ3v) is 3.93. The SMILES string of the molecule is COC(=O)[C@](c1c(C)[nH]c2ccccc12)(C(C#N)C#N)C(F)(F)F. The fraction of sp³-hybridized carbons (Fsp3) is 0.312. The molecule has 0 aliphatic heterocycles. The number of carbonyl (C=O) groups is 1. The minimum Gasteiger partial charge on any atom is -0.468 e. The van der Waals surface area contributed by atoms with Crippen molar-refractivity contribution in [3.05, 3.63) is 35.5 Å². The molecule has 1 atom stereocenters. The minimum atomic E-state index is -5.22. The first-order valence-corrected chi connectivity index (χ1v) is 6.77. The van der Waals surface area contributed by atoms with Crippen LogP contribution in [0.2, 0.25) is 0 Å². The van der Waals surface area contributed by atoms with Crippen LogP contribution < -0.4 is 0 Å². The molecule has 5 nitrogen and oxygen atoms in total. The second-order valence-electron chi connectivity index (χ2n) is 5.16. The highest BCUT2D eigenvalue weighted by atomic mass is 19.4. The number of rotatable bonds is 3. The predicted molar refractivity (Wildman–Crippen MR) is 77.5 cm³/mol. The minimum absolute atomic E-state index is 0.0365. The summed E-state index contributed by atoms with van der Waals surface area (Å²) in [7, 11) is 0.790. The molecule has 0 saturated heterocycles. The molecule has 0 unspecified atom stereocenters. The summed E-state index contributed by atoms with van der Waals surface area (Å²) in [6.45, 7) is 1.35. The zero-order valence-electron chi connectivity index (χ0n) is 12.7. The lowest BCUT2D eigenvalue weighted by Crippen LogP contribution is -2.55. The molecule has 0 bridgehead atoms. The Morgan fingerprint density at radius 2 is 1.83 bits per heavy atom. The molecule has 0 fully saturated rings. The normalized spacial score (nSPS) is 14.0. The van der Waals surface area contributed by atoms with Gasteiger partial charge < -0.3 is 9.72 Å². The van der Waals surface area contributed by atoms with E-state index in [0.717, 1.165) is 7.11 Å². The number of fused-ring (bicyclic) bond motifs is 1. The van der Waals surface area contributed by atoms with Crippen molar-refractivity contribution in [2.45, 2.75) is 18.5 Å². The van der Waals surface area contributed by atoms with Crippen LogP contribution in [-0.2, 0) is 14.9 Å². The van der Waals surface area contributed by atoms with Crippen molar-refractivity contribution < 1.29 is 22.7 Å². The van der Waals surface area contributed by atoms with Crippen LogP contribution in [0, 0.1) is 35.5 Å². The van der Waals surface area contributed by atoms with E-state index in [1.807, 2.05) is 0 Å². The van der Waals surface area contributed by atoms with Crippen LogP contribution in [-0.4, -0.2) is 24.2 Å². The van der Waals surface area contributed by atoms with E-state index in [0.29, 0.717) is 5.52 Å². The number of aromatic nitrogens is 1. The number of aromatic amines is 1. The van der Waals surface area contributed by atoms with Crippen molar-refractivity contribution >= 4 is 16.9 Å². The first kappa shape index (κ1) is 17.4. The van der Waals surface area contributed by atoms with Gasteiger partial charge in [0.2, 0.25) is 5.41 Å². The van der Waals surface area contributed by atoms with Gasteiger partial charge in [0.1, 0.15) is 0 Å². The van der Waals surface area contributed by atoms with Gasteiger partial charge in [-0.2, -0.15) is 23.7 Å². The Morgan fingerprint density at radius 1 is 1.25 bits per heavy atom. The number of carbonyl (C=O) groups excluding carboxylic acids is 1. The maximum atomic E-state index is 14.1. The van der Waals surface area contributed by atoms with Crippen molar-refractivity contribution in [1.29, 1.82) is 10.5 Å². The molecular formula is C16H12F3N3O2. The van der Waals surface area contributed by atoms with Crippen LogP contribution in [0.3, 0.4) is 0 Å². The second-order valence-corrected chi connectivity index (χ2v) is 5.16. The van der Waals surface area contributed by atoms with Crippen LogP contribution >= 0.6 is 0 Å². The van der Waals surface area contributed by atoms with Gasteiger partial charge >= 0.3 is 12.1 Å². The van der Waals surface area contributed by atoms with Gasteiger partial charge in [0.05, 0.1) is 19.2 Å². The molecule has 2 aromatic rings. The van der Waals surface area contributed by atoms with Crippen LogP contribution in [0.15, 0.2) is 24.3 Å². The number of hydrogen-bond donors (Lipinski definition) is 1. The molecule has 0 spiro atoms. The Kier molecular flexibility index (Phi) is 4.26. The van der Waals surface area contributed by atoms with E-state index in [-0.39, 0.29) is 11.1 Å². The maximum absolute atomic E-state index is 14.1. The van der Waals surface area contributed by atoms with Crippen molar-refractivity contribution in [2.75, 3.05) is 7.11 Å². The van der Waals surface area contributed by atoms with Gasteiger partial charge in [-0.25, -0.2) is 0 Å². The summed E-state index contributed by atoms with van der Waals surface area (Å²) in [5.41, 5.74) is -3.48. The topological polar surface area (TPSA) is 89.7 Å². The number of alkyl halides is 3. The second kappa shape index (κ2) is 5.89. The number of methoxy groups -OCH3 is 1. The number of H-pyrrole nitrogens is 1. The Bertz CT molecular complexity index is 859. The molecule has 24 heavy (non-hydrogen) atoms. The fourth-order valence-corrected chi connectivity index (χ4v) is 2.95. The highest BCUT2D eigenvalue weighted by molar-refractivity contribution is 5.95. The lowest BCUT2D eigenvalue weighted by molar-refractivity contribution is -0.212. The van der Waals surface area contributed by atoms with Crippen molar-refractivity contribution in [2.24, 2.45) is 5.92 Å². The van der Waals surface area contributed by atoms with Gasteiger partial charge in [-0.3, -0.25) is 4.79 Å². The van der Waals surface area contributed by atoms with E-state index in [1.165, 1.54) is 37.3 Å². The first-order chi connectivity index (χ1) is 11.2. The lowest BCUT2D eigenvalue weighted by Gasteiger charge is -2.34. The van der Waals surface area contributed by atoms with Crippen molar-refractivity contribution in [3.8, 4) is 12.1 Å². The molecule has 0 saturated carbocycles. The highest BCUT2D eigenvalue weighted by Gasteiger charge is 2.69.